The monoisotopic (exact) mass is 344 g/mol. The lowest BCUT2D eigenvalue weighted by Crippen LogP contribution is -2.04. The smallest absolute Gasteiger partial charge is 0.165 e. The molecule has 0 spiro atoms. The third-order valence-electron chi connectivity index (χ3n) is 4.48. The van der Waals surface area contributed by atoms with Gasteiger partial charge in [0.1, 0.15) is 6.10 Å². The van der Waals surface area contributed by atoms with Crippen LogP contribution >= 0.6 is 0 Å². The SMILES string of the molecule is COc1ccc([C@H]2Cc3cc(CCCO)cc(OC)c3O2)cc1OC. The van der Waals surface area contributed by atoms with E-state index in [0.29, 0.717) is 11.5 Å². The lowest BCUT2D eigenvalue weighted by Gasteiger charge is -2.15. The fourth-order valence-corrected chi connectivity index (χ4v) is 3.21. The number of benzene rings is 2. The van der Waals surface area contributed by atoms with Gasteiger partial charge >= 0.3 is 0 Å². The number of hydrogen-bond acceptors (Lipinski definition) is 5. The molecule has 134 valence electrons. The Kier molecular flexibility index (Phi) is 5.34. The molecule has 0 bridgehead atoms. The van der Waals surface area contributed by atoms with Crippen LogP contribution in [0.4, 0.5) is 0 Å². The summed E-state index contributed by atoms with van der Waals surface area (Å²) in [6, 6.07) is 9.98. The first kappa shape index (κ1) is 17.4. The molecule has 2 aromatic carbocycles. The van der Waals surface area contributed by atoms with Gasteiger partial charge in [-0.15, -0.1) is 0 Å². The second-order valence-corrected chi connectivity index (χ2v) is 6.04. The predicted octanol–water partition coefficient (Wildman–Crippen LogP) is 3.31. The van der Waals surface area contributed by atoms with E-state index in [9.17, 15) is 0 Å². The minimum atomic E-state index is -0.0863. The third-order valence-corrected chi connectivity index (χ3v) is 4.48. The van der Waals surface area contributed by atoms with Crippen LogP contribution < -0.4 is 18.9 Å². The maximum Gasteiger partial charge on any atom is 0.165 e. The summed E-state index contributed by atoms with van der Waals surface area (Å²) in [7, 11) is 4.90. The van der Waals surface area contributed by atoms with Crippen LogP contribution in [0.15, 0.2) is 30.3 Å². The Morgan fingerprint density at radius 2 is 1.76 bits per heavy atom. The highest BCUT2D eigenvalue weighted by Crippen LogP contribution is 2.45. The lowest BCUT2D eigenvalue weighted by atomic mass is 10.00. The number of hydrogen-bond donors (Lipinski definition) is 1. The topological polar surface area (TPSA) is 57.2 Å². The van der Waals surface area contributed by atoms with E-state index in [-0.39, 0.29) is 12.7 Å². The van der Waals surface area contributed by atoms with Crippen molar-refractivity contribution in [1.29, 1.82) is 0 Å². The Labute approximate surface area is 148 Å². The second kappa shape index (κ2) is 7.66. The molecule has 25 heavy (non-hydrogen) atoms. The van der Waals surface area contributed by atoms with Crippen molar-refractivity contribution in [3.05, 3.63) is 47.0 Å². The van der Waals surface area contributed by atoms with Crippen LogP contribution in [-0.4, -0.2) is 33.0 Å². The van der Waals surface area contributed by atoms with Gasteiger partial charge in [0.05, 0.1) is 21.3 Å². The predicted molar refractivity (Wildman–Crippen MR) is 95.0 cm³/mol. The zero-order valence-electron chi connectivity index (χ0n) is 14.9. The van der Waals surface area contributed by atoms with Crippen LogP contribution in [0.1, 0.15) is 29.2 Å². The van der Waals surface area contributed by atoms with Gasteiger partial charge in [0, 0.05) is 18.6 Å². The van der Waals surface area contributed by atoms with Crippen molar-refractivity contribution < 1.29 is 24.1 Å². The Balaban J connectivity index is 1.87. The number of aliphatic hydroxyl groups excluding tert-OH is 1. The first-order valence-corrected chi connectivity index (χ1v) is 8.39. The van der Waals surface area contributed by atoms with Gasteiger partial charge < -0.3 is 24.1 Å². The van der Waals surface area contributed by atoms with Crippen LogP contribution in [0.2, 0.25) is 0 Å². The summed E-state index contributed by atoms with van der Waals surface area (Å²) in [6.07, 6.45) is 2.24. The summed E-state index contributed by atoms with van der Waals surface area (Å²) >= 11 is 0. The molecule has 0 fully saturated rings. The normalized spacial score (nSPS) is 15.4. The average molecular weight is 344 g/mol. The van der Waals surface area contributed by atoms with Crippen LogP contribution in [0.5, 0.6) is 23.0 Å². The summed E-state index contributed by atoms with van der Waals surface area (Å²) in [5.74, 6) is 2.93. The Hall–Kier alpha value is -2.40. The van der Waals surface area contributed by atoms with E-state index in [0.717, 1.165) is 47.5 Å². The highest BCUT2D eigenvalue weighted by Gasteiger charge is 2.28. The molecule has 0 radical (unpaired) electrons. The van der Waals surface area contributed by atoms with E-state index in [1.807, 2.05) is 24.3 Å². The average Bonchev–Trinajstić information content (AvgIpc) is 3.09. The maximum atomic E-state index is 9.05. The standard InChI is InChI=1S/C20H24O5/c1-22-16-7-6-14(11-18(16)23-2)17-12-15-9-13(5-4-8-21)10-19(24-3)20(15)25-17/h6-7,9-11,17,21H,4-5,8,12H2,1-3H3/t17-/m1/s1. The Morgan fingerprint density at radius 3 is 2.44 bits per heavy atom. The molecule has 0 aromatic heterocycles. The molecule has 1 N–H and O–H groups in total. The highest BCUT2D eigenvalue weighted by atomic mass is 16.5. The molecule has 1 heterocycles. The molecule has 3 rings (SSSR count). The third kappa shape index (κ3) is 3.51. The van der Waals surface area contributed by atoms with E-state index in [1.165, 1.54) is 0 Å². The molecule has 0 saturated carbocycles. The number of aryl methyl sites for hydroxylation is 1. The Morgan fingerprint density at radius 1 is 1.00 bits per heavy atom. The fourth-order valence-electron chi connectivity index (χ4n) is 3.21. The summed E-state index contributed by atoms with van der Waals surface area (Å²) < 4.78 is 22.4. The van der Waals surface area contributed by atoms with Crippen LogP contribution in [0.25, 0.3) is 0 Å². The molecule has 2 aromatic rings. The van der Waals surface area contributed by atoms with Crippen molar-refractivity contribution in [3.8, 4) is 23.0 Å². The number of fused-ring (bicyclic) bond motifs is 1. The summed E-state index contributed by atoms with van der Waals surface area (Å²) in [4.78, 5) is 0. The highest BCUT2D eigenvalue weighted by molar-refractivity contribution is 5.53. The first-order valence-electron chi connectivity index (χ1n) is 8.39. The van der Waals surface area contributed by atoms with Gasteiger partial charge in [-0.05, 0) is 42.2 Å². The number of methoxy groups -OCH3 is 3. The van der Waals surface area contributed by atoms with Gasteiger partial charge in [-0.3, -0.25) is 0 Å². The molecule has 1 aliphatic rings. The second-order valence-electron chi connectivity index (χ2n) is 6.04. The zero-order chi connectivity index (χ0) is 17.8. The minimum Gasteiger partial charge on any atom is -0.493 e. The van der Waals surface area contributed by atoms with Gasteiger partial charge in [-0.25, -0.2) is 0 Å². The summed E-state index contributed by atoms with van der Waals surface area (Å²) in [6.45, 7) is 0.185. The Bertz CT molecular complexity index is 741. The zero-order valence-corrected chi connectivity index (χ0v) is 14.9. The largest absolute Gasteiger partial charge is 0.493 e. The molecule has 0 aliphatic carbocycles. The van der Waals surface area contributed by atoms with Gasteiger partial charge in [0.25, 0.3) is 0 Å². The summed E-state index contributed by atoms with van der Waals surface area (Å²) in [5.41, 5.74) is 3.32. The van der Waals surface area contributed by atoms with E-state index < -0.39 is 0 Å². The maximum absolute atomic E-state index is 9.05. The number of rotatable bonds is 7. The number of ether oxygens (including phenoxy) is 4. The lowest BCUT2D eigenvalue weighted by molar-refractivity contribution is 0.228. The van der Waals surface area contributed by atoms with Crippen LogP contribution in [-0.2, 0) is 12.8 Å². The van der Waals surface area contributed by atoms with E-state index in [4.69, 9.17) is 24.1 Å². The van der Waals surface area contributed by atoms with Gasteiger partial charge in [-0.2, -0.15) is 0 Å². The van der Waals surface area contributed by atoms with Crippen molar-refractivity contribution in [2.75, 3.05) is 27.9 Å². The number of aliphatic hydroxyl groups is 1. The quantitative estimate of drug-likeness (QED) is 0.835. The molecular weight excluding hydrogens is 320 g/mol. The molecular formula is C20H24O5. The summed E-state index contributed by atoms with van der Waals surface area (Å²) in [5, 5.41) is 9.05. The van der Waals surface area contributed by atoms with Gasteiger partial charge in [0.2, 0.25) is 0 Å². The molecule has 0 unspecified atom stereocenters. The van der Waals surface area contributed by atoms with Crippen molar-refractivity contribution >= 4 is 0 Å². The van der Waals surface area contributed by atoms with Gasteiger partial charge in [-0.1, -0.05) is 12.1 Å². The van der Waals surface area contributed by atoms with Crippen LogP contribution in [0, 0.1) is 0 Å². The van der Waals surface area contributed by atoms with Crippen molar-refractivity contribution in [3.63, 3.8) is 0 Å². The van der Waals surface area contributed by atoms with E-state index in [1.54, 1.807) is 21.3 Å². The molecule has 1 atom stereocenters. The van der Waals surface area contributed by atoms with Crippen molar-refractivity contribution in [1.82, 2.24) is 0 Å². The van der Waals surface area contributed by atoms with Crippen molar-refractivity contribution in [2.24, 2.45) is 0 Å². The van der Waals surface area contributed by atoms with E-state index in [2.05, 4.69) is 6.07 Å². The first-order chi connectivity index (χ1) is 12.2. The molecule has 5 heteroatoms. The fraction of sp³-hybridized carbons (Fsp3) is 0.400. The van der Waals surface area contributed by atoms with Gasteiger partial charge in [0.15, 0.2) is 23.0 Å². The molecule has 5 nitrogen and oxygen atoms in total. The molecule has 0 saturated heterocycles. The van der Waals surface area contributed by atoms with E-state index >= 15 is 0 Å². The van der Waals surface area contributed by atoms with Crippen molar-refractivity contribution in [2.45, 2.75) is 25.4 Å². The minimum absolute atomic E-state index is 0.0863. The molecule has 1 aliphatic heterocycles. The van der Waals surface area contributed by atoms with Crippen LogP contribution in [0.3, 0.4) is 0 Å². The molecule has 0 amide bonds.